The van der Waals surface area contributed by atoms with E-state index in [0.717, 1.165) is 30.2 Å². The summed E-state index contributed by atoms with van der Waals surface area (Å²) in [4.78, 5) is 20.1. The van der Waals surface area contributed by atoms with Gasteiger partial charge in [-0.3, -0.25) is 4.79 Å². The van der Waals surface area contributed by atoms with Crippen molar-refractivity contribution in [2.75, 3.05) is 13.6 Å². The Balaban J connectivity index is 2.08. The van der Waals surface area contributed by atoms with Crippen molar-refractivity contribution in [3.8, 4) is 0 Å². The minimum atomic E-state index is 0.0480. The molecule has 2 rings (SSSR count). The minimum Gasteiger partial charge on any atom is -0.359 e. The number of amides is 1. The first-order chi connectivity index (χ1) is 8.69. The number of nitrogens with one attached hydrogen (secondary N) is 2. The van der Waals surface area contributed by atoms with Gasteiger partial charge in [0.2, 0.25) is 5.91 Å². The molecule has 18 heavy (non-hydrogen) atoms. The maximum atomic E-state index is 11.2. The van der Waals surface area contributed by atoms with E-state index in [1.165, 1.54) is 6.42 Å². The van der Waals surface area contributed by atoms with Crippen LogP contribution in [0.2, 0.25) is 0 Å². The van der Waals surface area contributed by atoms with Crippen molar-refractivity contribution in [2.45, 2.75) is 38.6 Å². The van der Waals surface area contributed by atoms with Crippen molar-refractivity contribution in [1.29, 1.82) is 0 Å². The Morgan fingerprint density at radius 1 is 1.56 bits per heavy atom. The van der Waals surface area contributed by atoms with Crippen molar-refractivity contribution >= 4 is 5.91 Å². The molecule has 0 aliphatic carbocycles. The largest absolute Gasteiger partial charge is 0.359 e. The number of aromatic nitrogens is 2. The number of aryl methyl sites for hydroxylation is 2. The predicted octanol–water partition coefficient (Wildman–Crippen LogP) is 0.888. The molecule has 1 amide bonds. The Labute approximate surface area is 107 Å². The van der Waals surface area contributed by atoms with Gasteiger partial charge in [-0.05, 0) is 38.8 Å². The van der Waals surface area contributed by atoms with E-state index in [0.29, 0.717) is 18.9 Å². The molecule has 0 spiro atoms. The molecule has 0 saturated carbocycles. The SMILES string of the molecule is CNC(=O)CCc1cc([C@H]2CCCN2)nc(C)n1. The number of rotatable bonds is 4. The first-order valence-corrected chi connectivity index (χ1v) is 6.47. The molecule has 5 nitrogen and oxygen atoms in total. The Bertz CT molecular complexity index is 427. The molecule has 0 radical (unpaired) electrons. The van der Waals surface area contributed by atoms with E-state index in [9.17, 15) is 4.79 Å². The third-order valence-electron chi connectivity index (χ3n) is 3.22. The zero-order chi connectivity index (χ0) is 13.0. The van der Waals surface area contributed by atoms with E-state index in [1.807, 2.05) is 13.0 Å². The van der Waals surface area contributed by atoms with Gasteiger partial charge < -0.3 is 10.6 Å². The van der Waals surface area contributed by atoms with Crippen LogP contribution in [0, 0.1) is 6.92 Å². The molecular formula is C13H20N4O. The summed E-state index contributed by atoms with van der Waals surface area (Å²) in [6.07, 6.45) is 3.47. The lowest BCUT2D eigenvalue weighted by Gasteiger charge is -2.11. The lowest BCUT2D eigenvalue weighted by atomic mass is 10.1. The van der Waals surface area contributed by atoms with Crippen molar-refractivity contribution in [3.63, 3.8) is 0 Å². The second kappa shape index (κ2) is 5.91. The van der Waals surface area contributed by atoms with Gasteiger partial charge in [0.25, 0.3) is 0 Å². The van der Waals surface area contributed by atoms with Crippen molar-refractivity contribution in [3.05, 3.63) is 23.3 Å². The van der Waals surface area contributed by atoms with Crippen LogP contribution in [0.1, 0.15) is 42.5 Å². The van der Waals surface area contributed by atoms with E-state index < -0.39 is 0 Å². The Morgan fingerprint density at radius 3 is 3.06 bits per heavy atom. The fourth-order valence-corrected chi connectivity index (χ4v) is 2.27. The van der Waals surface area contributed by atoms with Crippen LogP contribution < -0.4 is 10.6 Å². The van der Waals surface area contributed by atoms with Crippen LogP contribution in [0.15, 0.2) is 6.07 Å². The molecule has 1 aromatic rings. The highest BCUT2D eigenvalue weighted by molar-refractivity contribution is 5.75. The highest BCUT2D eigenvalue weighted by Crippen LogP contribution is 2.22. The summed E-state index contributed by atoms with van der Waals surface area (Å²) < 4.78 is 0. The van der Waals surface area contributed by atoms with Crippen molar-refractivity contribution < 1.29 is 4.79 Å². The van der Waals surface area contributed by atoms with Gasteiger partial charge in [-0.1, -0.05) is 0 Å². The third-order valence-corrected chi connectivity index (χ3v) is 3.22. The van der Waals surface area contributed by atoms with Gasteiger partial charge in [0.15, 0.2) is 0 Å². The van der Waals surface area contributed by atoms with Gasteiger partial charge in [0.1, 0.15) is 5.82 Å². The van der Waals surface area contributed by atoms with Gasteiger partial charge >= 0.3 is 0 Å². The average Bonchev–Trinajstić information content (AvgIpc) is 2.89. The average molecular weight is 248 g/mol. The summed E-state index contributed by atoms with van der Waals surface area (Å²) in [5, 5.41) is 6.06. The number of carbonyl (C=O) groups excluding carboxylic acids is 1. The molecule has 1 aliphatic heterocycles. The summed E-state index contributed by atoms with van der Waals surface area (Å²) in [5.74, 6) is 0.833. The quantitative estimate of drug-likeness (QED) is 0.830. The van der Waals surface area contributed by atoms with Gasteiger partial charge in [-0.25, -0.2) is 9.97 Å². The summed E-state index contributed by atoms with van der Waals surface area (Å²) in [7, 11) is 1.65. The Kier molecular flexibility index (Phi) is 4.25. The second-order valence-corrected chi connectivity index (χ2v) is 4.65. The molecule has 5 heteroatoms. The van der Waals surface area contributed by atoms with Gasteiger partial charge in [0.05, 0.1) is 5.69 Å². The monoisotopic (exact) mass is 248 g/mol. The summed E-state index contributed by atoms with van der Waals surface area (Å²) in [6, 6.07) is 2.38. The molecular weight excluding hydrogens is 228 g/mol. The van der Waals surface area contributed by atoms with E-state index in [2.05, 4.69) is 20.6 Å². The highest BCUT2D eigenvalue weighted by Gasteiger charge is 2.18. The number of carbonyl (C=O) groups is 1. The summed E-state index contributed by atoms with van der Waals surface area (Å²) in [6.45, 7) is 2.96. The lowest BCUT2D eigenvalue weighted by Crippen LogP contribution is -2.19. The molecule has 1 atom stereocenters. The van der Waals surface area contributed by atoms with Crippen LogP contribution in [0.5, 0.6) is 0 Å². The first kappa shape index (κ1) is 13.0. The summed E-state index contributed by atoms with van der Waals surface area (Å²) in [5.41, 5.74) is 2.02. The number of hydrogen-bond donors (Lipinski definition) is 2. The Morgan fingerprint density at radius 2 is 2.39 bits per heavy atom. The maximum Gasteiger partial charge on any atom is 0.220 e. The molecule has 1 aromatic heterocycles. The smallest absolute Gasteiger partial charge is 0.220 e. The second-order valence-electron chi connectivity index (χ2n) is 4.65. The fraction of sp³-hybridized carbons (Fsp3) is 0.615. The first-order valence-electron chi connectivity index (χ1n) is 6.47. The number of nitrogens with zero attached hydrogens (tertiary/aromatic N) is 2. The highest BCUT2D eigenvalue weighted by atomic mass is 16.1. The standard InChI is InChI=1S/C13H20N4O/c1-9-16-10(5-6-13(18)14-2)8-12(17-9)11-4-3-7-15-11/h8,11,15H,3-7H2,1-2H3,(H,14,18)/t11-/m1/s1. The zero-order valence-electron chi connectivity index (χ0n) is 11.0. The van der Waals surface area contributed by atoms with Crippen LogP contribution >= 0.6 is 0 Å². The molecule has 0 aromatic carbocycles. The van der Waals surface area contributed by atoms with E-state index in [4.69, 9.17) is 0 Å². The Hall–Kier alpha value is -1.49. The number of hydrogen-bond acceptors (Lipinski definition) is 4. The van der Waals surface area contributed by atoms with Crippen LogP contribution in [0.3, 0.4) is 0 Å². The molecule has 2 N–H and O–H groups in total. The maximum absolute atomic E-state index is 11.2. The predicted molar refractivity (Wildman–Crippen MR) is 69.1 cm³/mol. The third kappa shape index (κ3) is 3.26. The van der Waals surface area contributed by atoms with Gasteiger partial charge in [-0.15, -0.1) is 0 Å². The van der Waals surface area contributed by atoms with Gasteiger partial charge in [-0.2, -0.15) is 0 Å². The van der Waals surface area contributed by atoms with Crippen LogP contribution in [0.4, 0.5) is 0 Å². The topological polar surface area (TPSA) is 66.9 Å². The van der Waals surface area contributed by atoms with Gasteiger partial charge in [0, 0.05) is 25.2 Å². The lowest BCUT2D eigenvalue weighted by molar-refractivity contribution is -0.120. The molecule has 98 valence electrons. The van der Waals surface area contributed by atoms with Crippen molar-refractivity contribution in [1.82, 2.24) is 20.6 Å². The van der Waals surface area contributed by atoms with Crippen molar-refractivity contribution in [2.24, 2.45) is 0 Å². The molecule has 2 heterocycles. The van der Waals surface area contributed by atoms with E-state index >= 15 is 0 Å². The van der Waals surface area contributed by atoms with Crippen LogP contribution in [0.25, 0.3) is 0 Å². The van der Waals surface area contributed by atoms with E-state index in [1.54, 1.807) is 7.05 Å². The minimum absolute atomic E-state index is 0.0480. The molecule has 0 bridgehead atoms. The summed E-state index contributed by atoms with van der Waals surface area (Å²) >= 11 is 0. The van der Waals surface area contributed by atoms with Crippen LogP contribution in [-0.4, -0.2) is 29.5 Å². The molecule has 0 unspecified atom stereocenters. The normalized spacial score (nSPS) is 18.9. The van der Waals surface area contributed by atoms with Crippen LogP contribution in [-0.2, 0) is 11.2 Å². The van der Waals surface area contributed by atoms with E-state index in [-0.39, 0.29) is 5.91 Å². The zero-order valence-corrected chi connectivity index (χ0v) is 11.0. The molecule has 1 fully saturated rings. The molecule has 1 aliphatic rings. The molecule has 1 saturated heterocycles. The fourth-order valence-electron chi connectivity index (χ4n) is 2.27.